The molecule has 0 aliphatic heterocycles. The van der Waals surface area contributed by atoms with Gasteiger partial charge in [-0.1, -0.05) is 24.9 Å². The third-order valence-electron chi connectivity index (χ3n) is 2.18. The zero-order valence-electron chi connectivity index (χ0n) is 9.06. The predicted molar refractivity (Wildman–Crippen MR) is 61.3 cm³/mol. The van der Waals surface area contributed by atoms with Gasteiger partial charge in [0, 0.05) is 5.02 Å². The van der Waals surface area contributed by atoms with Crippen LogP contribution in [0.25, 0.3) is 0 Å². The van der Waals surface area contributed by atoms with Gasteiger partial charge in [-0.3, -0.25) is 0 Å². The molecule has 0 bridgehead atoms. The molecule has 2 heteroatoms. The van der Waals surface area contributed by atoms with E-state index in [9.17, 15) is 0 Å². The predicted octanol–water partition coefficient (Wildman–Crippen LogP) is 4.14. The van der Waals surface area contributed by atoms with Crippen LogP contribution >= 0.6 is 11.6 Å². The van der Waals surface area contributed by atoms with Gasteiger partial charge in [0.2, 0.25) is 0 Å². The normalized spacial score (nSPS) is 10.3. The van der Waals surface area contributed by atoms with Gasteiger partial charge < -0.3 is 4.74 Å². The first-order valence-corrected chi connectivity index (χ1v) is 5.42. The molecule has 1 aromatic carbocycles. The fraction of sp³-hybridized carbons (Fsp3) is 0.500. The van der Waals surface area contributed by atoms with Crippen LogP contribution in [0, 0.1) is 13.8 Å². The number of hydrogen-bond acceptors (Lipinski definition) is 1. The van der Waals surface area contributed by atoms with Crippen LogP contribution in [0.4, 0.5) is 0 Å². The summed E-state index contributed by atoms with van der Waals surface area (Å²) in [5.41, 5.74) is 2.16. The number of halogens is 1. The zero-order chi connectivity index (χ0) is 10.6. The highest BCUT2D eigenvalue weighted by atomic mass is 35.5. The van der Waals surface area contributed by atoms with Crippen molar-refractivity contribution in [2.75, 3.05) is 6.61 Å². The molecule has 1 rings (SSSR count). The Morgan fingerprint density at radius 3 is 2.29 bits per heavy atom. The van der Waals surface area contributed by atoms with Crippen molar-refractivity contribution in [3.63, 3.8) is 0 Å². The Balaban J connectivity index is 2.69. The lowest BCUT2D eigenvalue weighted by Gasteiger charge is -2.09. The van der Waals surface area contributed by atoms with Gasteiger partial charge >= 0.3 is 0 Å². The van der Waals surface area contributed by atoms with Crippen molar-refractivity contribution in [3.8, 4) is 5.75 Å². The standard InChI is InChI=1S/C12H17ClO/c1-4-5-6-14-11-7-9(2)12(13)10(3)8-11/h7-8H,4-6H2,1-3H3. The molecular formula is C12H17ClO. The highest BCUT2D eigenvalue weighted by Crippen LogP contribution is 2.25. The first-order valence-electron chi connectivity index (χ1n) is 5.04. The van der Waals surface area contributed by atoms with Crippen LogP contribution in [0.15, 0.2) is 12.1 Å². The highest BCUT2D eigenvalue weighted by molar-refractivity contribution is 6.32. The molecule has 0 radical (unpaired) electrons. The number of aryl methyl sites for hydroxylation is 2. The molecule has 0 aliphatic carbocycles. The molecule has 14 heavy (non-hydrogen) atoms. The number of unbranched alkanes of at least 4 members (excludes halogenated alkanes) is 1. The highest BCUT2D eigenvalue weighted by Gasteiger charge is 2.02. The van der Waals surface area contributed by atoms with Gasteiger partial charge in [-0.2, -0.15) is 0 Å². The van der Waals surface area contributed by atoms with E-state index in [1.165, 1.54) is 0 Å². The molecule has 1 nitrogen and oxygen atoms in total. The zero-order valence-corrected chi connectivity index (χ0v) is 9.82. The van der Waals surface area contributed by atoms with E-state index >= 15 is 0 Å². The number of benzene rings is 1. The van der Waals surface area contributed by atoms with Crippen LogP contribution in [-0.2, 0) is 0 Å². The summed E-state index contributed by atoms with van der Waals surface area (Å²) in [6, 6.07) is 3.98. The van der Waals surface area contributed by atoms with Crippen LogP contribution in [0.5, 0.6) is 5.75 Å². The van der Waals surface area contributed by atoms with E-state index < -0.39 is 0 Å². The number of rotatable bonds is 4. The van der Waals surface area contributed by atoms with Gasteiger partial charge in [-0.15, -0.1) is 0 Å². The molecule has 0 saturated carbocycles. The van der Waals surface area contributed by atoms with Gasteiger partial charge in [-0.25, -0.2) is 0 Å². The molecule has 0 atom stereocenters. The smallest absolute Gasteiger partial charge is 0.119 e. The quantitative estimate of drug-likeness (QED) is 0.682. The maximum absolute atomic E-state index is 6.06. The minimum atomic E-state index is 0.789. The van der Waals surface area contributed by atoms with Crippen LogP contribution < -0.4 is 4.74 Å². The summed E-state index contributed by atoms with van der Waals surface area (Å²) in [6.45, 7) is 6.95. The van der Waals surface area contributed by atoms with Gasteiger partial charge in [-0.05, 0) is 43.5 Å². The van der Waals surface area contributed by atoms with E-state index in [1.807, 2.05) is 26.0 Å². The summed E-state index contributed by atoms with van der Waals surface area (Å²) in [4.78, 5) is 0. The molecule has 78 valence electrons. The van der Waals surface area contributed by atoms with Crippen molar-refractivity contribution >= 4 is 11.6 Å². The van der Waals surface area contributed by atoms with Crippen LogP contribution in [0.3, 0.4) is 0 Å². The minimum Gasteiger partial charge on any atom is -0.494 e. The van der Waals surface area contributed by atoms with Gasteiger partial charge in [0.1, 0.15) is 5.75 Å². The molecule has 0 aliphatic rings. The summed E-state index contributed by atoms with van der Waals surface area (Å²) in [6.07, 6.45) is 2.26. The second-order valence-electron chi connectivity index (χ2n) is 3.57. The molecule has 0 amide bonds. The van der Waals surface area contributed by atoms with E-state index in [-0.39, 0.29) is 0 Å². The third kappa shape index (κ3) is 2.91. The maximum atomic E-state index is 6.06. The molecule has 0 saturated heterocycles. The average Bonchev–Trinajstić information content (AvgIpc) is 2.14. The van der Waals surface area contributed by atoms with Crippen molar-refractivity contribution in [1.29, 1.82) is 0 Å². The Morgan fingerprint density at radius 1 is 1.21 bits per heavy atom. The van der Waals surface area contributed by atoms with Crippen molar-refractivity contribution in [2.24, 2.45) is 0 Å². The van der Waals surface area contributed by atoms with Gasteiger partial charge in [0.05, 0.1) is 6.61 Å². The fourth-order valence-electron chi connectivity index (χ4n) is 1.32. The number of hydrogen-bond donors (Lipinski definition) is 0. The third-order valence-corrected chi connectivity index (χ3v) is 2.77. The fourth-order valence-corrected chi connectivity index (χ4v) is 1.43. The Labute approximate surface area is 91.0 Å². The Kier molecular flexibility index (Phi) is 4.27. The maximum Gasteiger partial charge on any atom is 0.119 e. The van der Waals surface area contributed by atoms with Crippen LogP contribution in [-0.4, -0.2) is 6.61 Å². The topological polar surface area (TPSA) is 9.23 Å². The second kappa shape index (κ2) is 5.26. The van der Waals surface area contributed by atoms with Crippen LogP contribution in [0.1, 0.15) is 30.9 Å². The van der Waals surface area contributed by atoms with E-state index in [2.05, 4.69) is 6.92 Å². The largest absolute Gasteiger partial charge is 0.494 e. The first kappa shape index (κ1) is 11.4. The first-order chi connectivity index (χ1) is 6.65. The average molecular weight is 213 g/mol. The Morgan fingerprint density at radius 2 is 1.79 bits per heavy atom. The van der Waals surface area contributed by atoms with Crippen molar-refractivity contribution < 1.29 is 4.74 Å². The second-order valence-corrected chi connectivity index (χ2v) is 3.95. The molecule has 0 fully saturated rings. The minimum absolute atomic E-state index is 0.789. The monoisotopic (exact) mass is 212 g/mol. The summed E-state index contributed by atoms with van der Waals surface area (Å²) in [5.74, 6) is 0.929. The van der Waals surface area contributed by atoms with E-state index in [0.29, 0.717) is 0 Å². The summed E-state index contributed by atoms with van der Waals surface area (Å²) < 4.78 is 5.60. The van der Waals surface area contributed by atoms with Crippen molar-refractivity contribution in [3.05, 3.63) is 28.3 Å². The molecule has 0 heterocycles. The number of ether oxygens (including phenoxy) is 1. The lowest BCUT2D eigenvalue weighted by Crippen LogP contribution is -1.97. The molecular weight excluding hydrogens is 196 g/mol. The van der Waals surface area contributed by atoms with Crippen molar-refractivity contribution in [2.45, 2.75) is 33.6 Å². The SMILES string of the molecule is CCCCOc1cc(C)c(Cl)c(C)c1. The van der Waals surface area contributed by atoms with Gasteiger partial charge in [0.15, 0.2) is 0 Å². The lowest BCUT2D eigenvalue weighted by atomic mass is 10.1. The lowest BCUT2D eigenvalue weighted by molar-refractivity contribution is 0.309. The molecule has 0 N–H and O–H groups in total. The molecule has 0 aromatic heterocycles. The van der Waals surface area contributed by atoms with Crippen molar-refractivity contribution in [1.82, 2.24) is 0 Å². The van der Waals surface area contributed by atoms with E-state index in [4.69, 9.17) is 16.3 Å². The van der Waals surface area contributed by atoms with Crippen LogP contribution in [0.2, 0.25) is 5.02 Å². The van der Waals surface area contributed by atoms with E-state index in [0.717, 1.165) is 41.3 Å². The molecule has 0 spiro atoms. The van der Waals surface area contributed by atoms with Gasteiger partial charge in [0.25, 0.3) is 0 Å². The van der Waals surface area contributed by atoms with E-state index in [1.54, 1.807) is 0 Å². The summed E-state index contributed by atoms with van der Waals surface area (Å²) in [5, 5.41) is 0.841. The summed E-state index contributed by atoms with van der Waals surface area (Å²) >= 11 is 6.06. The summed E-state index contributed by atoms with van der Waals surface area (Å²) in [7, 11) is 0. The molecule has 1 aromatic rings. The Hall–Kier alpha value is -0.690. The Bertz CT molecular complexity index is 284. The molecule has 0 unspecified atom stereocenters.